The zero-order valence-electron chi connectivity index (χ0n) is 5.21. The molecule has 4 nitrogen and oxygen atoms in total. The standard InChI is InChI=1S/C5H4F2N2O2/c6-4(7)5-8-2(10)1-3(11)9-5/h1,4H,(H2,8,9,10,11). The van der Waals surface area contributed by atoms with E-state index in [2.05, 4.69) is 4.98 Å². The second kappa shape index (κ2) is 2.65. The lowest BCUT2D eigenvalue weighted by Gasteiger charge is -1.96. The van der Waals surface area contributed by atoms with Gasteiger partial charge in [-0.3, -0.25) is 4.79 Å². The van der Waals surface area contributed by atoms with E-state index < -0.39 is 23.7 Å². The molecule has 0 aliphatic carbocycles. The van der Waals surface area contributed by atoms with Crippen LogP contribution in [-0.4, -0.2) is 15.1 Å². The van der Waals surface area contributed by atoms with Crippen molar-refractivity contribution in [1.82, 2.24) is 9.97 Å². The van der Waals surface area contributed by atoms with Crippen LogP contribution >= 0.6 is 0 Å². The zero-order chi connectivity index (χ0) is 8.43. The van der Waals surface area contributed by atoms with Crippen LogP contribution in [0.5, 0.6) is 5.88 Å². The summed E-state index contributed by atoms with van der Waals surface area (Å²) in [5.74, 6) is -1.53. The molecule has 2 N–H and O–H groups in total. The maximum absolute atomic E-state index is 11.8. The lowest BCUT2D eigenvalue weighted by molar-refractivity contribution is 0.138. The molecule has 0 saturated carbocycles. The van der Waals surface area contributed by atoms with Gasteiger partial charge in [-0.15, -0.1) is 0 Å². The van der Waals surface area contributed by atoms with E-state index in [-0.39, 0.29) is 0 Å². The van der Waals surface area contributed by atoms with Gasteiger partial charge in [0, 0.05) is 0 Å². The number of aromatic nitrogens is 2. The highest BCUT2D eigenvalue weighted by Crippen LogP contribution is 2.13. The monoisotopic (exact) mass is 162 g/mol. The summed E-state index contributed by atoms with van der Waals surface area (Å²) in [6.45, 7) is 0. The highest BCUT2D eigenvalue weighted by molar-refractivity contribution is 5.06. The summed E-state index contributed by atoms with van der Waals surface area (Å²) < 4.78 is 23.6. The van der Waals surface area contributed by atoms with Crippen LogP contribution in [0.15, 0.2) is 10.9 Å². The molecule has 0 aromatic carbocycles. The molecule has 1 heterocycles. The van der Waals surface area contributed by atoms with Gasteiger partial charge in [0.15, 0.2) is 5.82 Å². The van der Waals surface area contributed by atoms with E-state index in [1.54, 1.807) is 4.98 Å². The summed E-state index contributed by atoms with van der Waals surface area (Å²) in [5, 5.41) is 8.58. The Balaban J connectivity index is 3.19. The molecule has 0 unspecified atom stereocenters. The van der Waals surface area contributed by atoms with Gasteiger partial charge in [-0.25, -0.2) is 8.78 Å². The first kappa shape index (κ1) is 7.64. The van der Waals surface area contributed by atoms with Gasteiger partial charge in [-0.2, -0.15) is 4.98 Å². The smallest absolute Gasteiger partial charge is 0.295 e. The van der Waals surface area contributed by atoms with Crippen LogP contribution in [0.2, 0.25) is 0 Å². The Morgan fingerprint density at radius 2 is 2.27 bits per heavy atom. The number of aromatic hydroxyl groups is 1. The molecule has 0 fully saturated rings. The van der Waals surface area contributed by atoms with Crippen molar-refractivity contribution in [2.75, 3.05) is 0 Å². The second-order valence-corrected chi connectivity index (χ2v) is 1.79. The number of aromatic amines is 1. The predicted molar refractivity (Wildman–Crippen MR) is 31.5 cm³/mol. The highest BCUT2D eigenvalue weighted by atomic mass is 19.3. The average Bonchev–Trinajstić information content (AvgIpc) is 1.85. The Morgan fingerprint density at radius 1 is 1.64 bits per heavy atom. The molecular formula is C5H4F2N2O2. The van der Waals surface area contributed by atoms with Crippen molar-refractivity contribution in [1.29, 1.82) is 0 Å². The summed E-state index contributed by atoms with van der Waals surface area (Å²) >= 11 is 0. The summed E-state index contributed by atoms with van der Waals surface area (Å²) in [6, 6.07) is 0.714. The lowest BCUT2D eigenvalue weighted by Crippen LogP contribution is -2.09. The molecule has 0 aliphatic heterocycles. The van der Waals surface area contributed by atoms with Crippen molar-refractivity contribution >= 4 is 0 Å². The molecular weight excluding hydrogens is 158 g/mol. The quantitative estimate of drug-likeness (QED) is 0.628. The number of alkyl halides is 2. The van der Waals surface area contributed by atoms with Crippen LogP contribution in [0.25, 0.3) is 0 Å². The van der Waals surface area contributed by atoms with Crippen molar-refractivity contribution in [3.63, 3.8) is 0 Å². The molecule has 0 spiro atoms. The first-order valence-electron chi connectivity index (χ1n) is 2.68. The molecule has 1 aromatic rings. The van der Waals surface area contributed by atoms with E-state index in [9.17, 15) is 13.6 Å². The van der Waals surface area contributed by atoms with Gasteiger partial charge in [0.1, 0.15) is 0 Å². The van der Waals surface area contributed by atoms with E-state index in [0.29, 0.717) is 6.07 Å². The van der Waals surface area contributed by atoms with Gasteiger partial charge in [0.05, 0.1) is 6.07 Å². The summed E-state index contributed by atoms with van der Waals surface area (Å²) in [6.07, 6.45) is -2.88. The normalized spacial score (nSPS) is 10.5. The maximum atomic E-state index is 11.8. The van der Waals surface area contributed by atoms with E-state index in [4.69, 9.17) is 5.11 Å². The minimum absolute atomic E-state index is 0.705. The fourth-order valence-electron chi connectivity index (χ4n) is 0.567. The molecule has 1 rings (SSSR count). The molecule has 0 amide bonds. The third-order valence-corrected chi connectivity index (χ3v) is 0.953. The number of nitrogens with one attached hydrogen (secondary N) is 1. The first-order chi connectivity index (χ1) is 5.09. The molecule has 0 aliphatic rings. The van der Waals surface area contributed by atoms with Crippen LogP contribution in [0.1, 0.15) is 12.2 Å². The van der Waals surface area contributed by atoms with Crippen molar-refractivity contribution in [3.8, 4) is 5.88 Å². The molecule has 60 valence electrons. The van der Waals surface area contributed by atoms with E-state index in [1.807, 2.05) is 0 Å². The lowest BCUT2D eigenvalue weighted by atomic mass is 10.5. The Bertz CT molecular complexity index is 310. The molecule has 1 aromatic heterocycles. The first-order valence-corrected chi connectivity index (χ1v) is 2.68. The topological polar surface area (TPSA) is 66.0 Å². The third-order valence-electron chi connectivity index (χ3n) is 0.953. The Morgan fingerprint density at radius 3 is 2.73 bits per heavy atom. The van der Waals surface area contributed by atoms with Gasteiger partial charge in [-0.1, -0.05) is 0 Å². The summed E-state index contributed by atoms with van der Waals surface area (Å²) in [7, 11) is 0. The van der Waals surface area contributed by atoms with Gasteiger partial charge >= 0.3 is 0 Å². The van der Waals surface area contributed by atoms with Gasteiger partial charge in [-0.05, 0) is 0 Å². The average molecular weight is 162 g/mol. The van der Waals surface area contributed by atoms with Gasteiger partial charge < -0.3 is 10.1 Å². The Kier molecular flexibility index (Phi) is 1.84. The molecule has 0 radical (unpaired) electrons. The highest BCUT2D eigenvalue weighted by Gasteiger charge is 2.10. The minimum atomic E-state index is -2.88. The number of rotatable bonds is 1. The van der Waals surface area contributed by atoms with Crippen LogP contribution < -0.4 is 5.56 Å². The Hall–Kier alpha value is -1.46. The molecule has 0 saturated heterocycles. The van der Waals surface area contributed by atoms with Crippen molar-refractivity contribution in [3.05, 3.63) is 22.2 Å². The summed E-state index contributed by atoms with van der Waals surface area (Å²) in [4.78, 5) is 15.2. The number of hydrogen-bond acceptors (Lipinski definition) is 3. The second-order valence-electron chi connectivity index (χ2n) is 1.79. The number of hydrogen-bond donors (Lipinski definition) is 2. The number of nitrogens with zero attached hydrogens (tertiary/aromatic N) is 1. The largest absolute Gasteiger partial charge is 0.493 e. The molecule has 0 bridgehead atoms. The fraction of sp³-hybridized carbons (Fsp3) is 0.200. The SMILES string of the molecule is O=c1cc(O)nc(C(F)F)[nH]1. The van der Waals surface area contributed by atoms with E-state index in [1.165, 1.54) is 0 Å². The third kappa shape index (κ3) is 1.73. The summed E-state index contributed by atoms with van der Waals surface area (Å²) in [5.41, 5.74) is -0.798. The zero-order valence-corrected chi connectivity index (χ0v) is 5.21. The van der Waals surface area contributed by atoms with Crippen molar-refractivity contribution in [2.24, 2.45) is 0 Å². The van der Waals surface area contributed by atoms with E-state index >= 15 is 0 Å². The fourth-order valence-corrected chi connectivity index (χ4v) is 0.567. The maximum Gasteiger partial charge on any atom is 0.295 e. The Labute approximate surface area is 59.5 Å². The molecule has 11 heavy (non-hydrogen) atoms. The molecule has 0 atom stereocenters. The van der Waals surface area contributed by atoms with Crippen LogP contribution in [0, 0.1) is 0 Å². The number of H-pyrrole nitrogens is 1. The molecule has 6 heteroatoms. The van der Waals surface area contributed by atoms with Gasteiger partial charge in [0.2, 0.25) is 5.88 Å². The number of halogens is 2. The van der Waals surface area contributed by atoms with Crippen LogP contribution in [0.3, 0.4) is 0 Å². The van der Waals surface area contributed by atoms with Crippen LogP contribution in [0.4, 0.5) is 8.78 Å². The van der Waals surface area contributed by atoms with Crippen molar-refractivity contribution < 1.29 is 13.9 Å². The van der Waals surface area contributed by atoms with Crippen LogP contribution in [-0.2, 0) is 0 Å². The van der Waals surface area contributed by atoms with Crippen molar-refractivity contribution in [2.45, 2.75) is 6.43 Å². The predicted octanol–water partition coefficient (Wildman–Crippen LogP) is 0.413. The van der Waals surface area contributed by atoms with E-state index in [0.717, 1.165) is 0 Å². The van der Waals surface area contributed by atoms with Gasteiger partial charge in [0.25, 0.3) is 12.0 Å². The minimum Gasteiger partial charge on any atom is -0.493 e.